The second kappa shape index (κ2) is 7.11. The van der Waals surface area contributed by atoms with Crippen LogP contribution in [0.4, 0.5) is 11.4 Å². The van der Waals surface area contributed by atoms with Gasteiger partial charge in [-0.1, -0.05) is 12.1 Å². The van der Waals surface area contributed by atoms with E-state index in [1.54, 1.807) is 6.07 Å². The fourth-order valence-electron chi connectivity index (χ4n) is 2.23. The van der Waals surface area contributed by atoms with Crippen LogP contribution in [-0.4, -0.2) is 23.6 Å². The van der Waals surface area contributed by atoms with Crippen LogP contribution in [0.2, 0.25) is 0 Å². The molecule has 2 aromatic carbocycles. The van der Waals surface area contributed by atoms with Crippen molar-refractivity contribution in [2.45, 2.75) is 4.90 Å². The van der Waals surface area contributed by atoms with E-state index in [0.717, 1.165) is 4.47 Å². The van der Waals surface area contributed by atoms with Gasteiger partial charge in [0.1, 0.15) is 0 Å². The van der Waals surface area contributed by atoms with E-state index in [1.165, 1.54) is 24.3 Å². The third-order valence-electron chi connectivity index (χ3n) is 3.41. The number of sulfonamides is 1. The number of hydrogen-bond donors (Lipinski definition) is 4. The van der Waals surface area contributed by atoms with Gasteiger partial charge in [-0.2, -0.15) is 0 Å². The Balaban J connectivity index is 1.78. The zero-order valence-corrected chi connectivity index (χ0v) is 16.2. The fourth-order valence-corrected chi connectivity index (χ4v) is 3.37. The lowest BCUT2D eigenvalue weighted by molar-refractivity contribution is 0.459. The largest absolute Gasteiger partial charge is 0.493 e. The van der Waals surface area contributed by atoms with Crippen LogP contribution < -0.4 is 10.5 Å². The zero-order chi connectivity index (χ0) is 18.9. The Morgan fingerprint density at radius 1 is 1.23 bits per heavy atom. The van der Waals surface area contributed by atoms with E-state index < -0.39 is 10.0 Å². The number of para-hydroxylation sites is 1. The Morgan fingerprint density at radius 2 is 1.92 bits per heavy atom. The Kier molecular flexibility index (Phi) is 5.05. The highest BCUT2D eigenvalue weighted by molar-refractivity contribution is 9.10. The van der Waals surface area contributed by atoms with Gasteiger partial charge in [0.15, 0.2) is 5.69 Å². The number of aromatic nitrogens is 1. The van der Waals surface area contributed by atoms with Crippen LogP contribution in [-0.2, 0) is 10.0 Å². The highest BCUT2D eigenvalue weighted by Crippen LogP contribution is 2.38. The number of halogens is 1. The fraction of sp³-hybridized carbons (Fsp3) is 0. The van der Waals surface area contributed by atoms with Crippen molar-refractivity contribution in [3.63, 3.8) is 0 Å². The third kappa shape index (κ3) is 3.90. The van der Waals surface area contributed by atoms with Crippen LogP contribution in [0.3, 0.4) is 0 Å². The van der Waals surface area contributed by atoms with Gasteiger partial charge in [0.05, 0.1) is 10.4 Å². The number of primary sulfonamides is 1. The van der Waals surface area contributed by atoms with Crippen molar-refractivity contribution in [1.82, 2.24) is 4.98 Å². The minimum Gasteiger partial charge on any atom is -0.493 e. The first kappa shape index (κ1) is 18.5. The number of fused-ring (bicyclic) bond motifs is 1. The van der Waals surface area contributed by atoms with Crippen molar-refractivity contribution in [2.75, 3.05) is 5.32 Å². The van der Waals surface area contributed by atoms with Crippen molar-refractivity contribution in [3.8, 4) is 5.88 Å². The van der Waals surface area contributed by atoms with Crippen LogP contribution in [0.1, 0.15) is 0 Å². The molecule has 0 fully saturated rings. The number of hydrogen-bond acceptors (Lipinski definition) is 5. The van der Waals surface area contributed by atoms with Crippen molar-refractivity contribution in [3.05, 3.63) is 46.9 Å². The number of anilines is 1. The Hall–Kier alpha value is -2.34. The molecule has 3 aromatic rings. The molecular weight excluding hydrogens is 442 g/mol. The first-order chi connectivity index (χ1) is 12.3. The molecule has 1 heterocycles. The molecule has 0 bridgehead atoms. The summed E-state index contributed by atoms with van der Waals surface area (Å²) < 4.78 is 23.2. The summed E-state index contributed by atoms with van der Waals surface area (Å²) in [5.41, 5.74) is 1.47. The summed E-state index contributed by atoms with van der Waals surface area (Å²) in [7, 11) is -3.75. The maximum atomic E-state index is 11.2. The highest BCUT2D eigenvalue weighted by atomic mass is 79.9. The first-order valence-corrected chi connectivity index (χ1v) is 9.85. The lowest BCUT2D eigenvalue weighted by Gasteiger charge is -2.04. The molecule has 5 N–H and O–H groups in total. The maximum absolute atomic E-state index is 11.2. The monoisotopic (exact) mass is 453 g/mol. The second-order valence-electron chi connectivity index (χ2n) is 5.18. The number of aromatic hydroxyl groups is 1. The molecule has 0 aliphatic rings. The molecule has 0 aliphatic carbocycles. The summed E-state index contributed by atoms with van der Waals surface area (Å²) in [5, 5.41) is 26.4. The quantitative estimate of drug-likeness (QED) is 0.353. The molecule has 0 aliphatic heterocycles. The minimum atomic E-state index is -3.75. The van der Waals surface area contributed by atoms with E-state index in [9.17, 15) is 13.5 Å². The molecule has 0 atom stereocenters. The normalized spacial score (nSPS) is 11.9. The van der Waals surface area contributed by atoms with Crippen LogP contribution in [0.5, 0.6) is 5.88 Å². The van der Waals surface area contributed by atoms with Gasteiger partial charge in [-0.15, -0.1) is 10.2 Å². The van der Waals surface area contributed by atoms with Crippen molar-refractivity contribution >= 4 is 65.6 Å². The summed E-state index contributed by atoms with van der Waals surface area (Å²) in [5.74, 6) is -0.129. The molecule has 1 aromatic heterocycles. The van der Waals surface area contributed by atoms with Crippen molar-refractivity contribution < 1.29 is 13.5 Å². The molecule has 3 rings (SSSR count). The van der Waals surface area contributed by atoms with Gasteiger partial charge >= 0.3 is 0 Å². The second-order valence-corrected chi connectivity index (χ2v) is 7.99. The Bertz CT molecular complexity index is 1120. The van der Waals surface area contributed by atoms with Crippen LogP contribution in [0, 0.1) is 0 Å². The molecule has 0 radical (unpaired) electrons. The van der Waals surface area contributed by atoms with E-state index in [2.05, 4.69) is 36.5 Å². The van der Waals surface area contributed by atoms with E-state index in [-0.39, 0.29) is 21.6 Å². The predicted octanol–water partition coefficient (Wildman–Crippen LogP) is 3.76. The number of rotatable bonds is 3. The third-order valence-corrected chi connectivity index (χ3v) is 5.19. The topological polar surface area (TPSA) is 133 Å². The van der Waals surface area contributed by atoms with Gasteiger partial charge in [-0.3, -0.25) is 0 Å². The molecular formula is C15H12BrN5O3S2. The Labute approximate surface area is 162 Å². The molecule has 0 saturated heterocycles. The molecule has 0 saturated carbocycles. The average molecular weight is 454 g/mol. The van der Waals surface area contributed by atoms with Crippen molar-refractivity contribution in [2.24, 2.45) is 15.4 Å². The first-order valence-electron chi connectivity index (χ1n) is 7.10. The van der Waals surface area contributed by atoms with Gasteiger partial charge in [0.2, 0.25) is 21.0 Å². The summed E-state index contributed by atoms with van der Waals surface area (Å²) in [4.78, 5) is 2.80. The lowest BCUT2D eigenvalue weighted by atomic mass is 10.2. The smallest absolute Gasteiger partial charge is 0.238 e. The lowest BCUT2D eigenvalue weighted by Crippen LogP contribution is -2.12. The zero-order valence-electron chi connectivity index (χ0n) is 13.0. The SMILES string of the molecule is NS(=O)(=O)c1ccc(NC(=S)N=Nc2c(O)[nH]c3c(Br)cccc23)cc1. The molecule has 0 unspecified atom stereocenters. The highest BCUT2D eigenvalue weighted by Gasteiger charge is 2.12. The van der Waals surface area contributed by atoms with Gasteiger partial charge in [-0.25, -0.2) is 13.6 Å². The van der Waals surface area contributed by atoms with Gasteiger partial charge in [-0.05, 0) is 58.5 Å². The molecule has 0 amide bonds. The van der Waals surface area contributed by atoms with Crippen LogP contribution in [0.15, 0.2) is 62.1 Å². The number of aromatic amines is 1. The number of azo groups is 1. The average Bonchev–Trinajstić information content (AvgIpc) is 2.90. The van der Waals surface area contributed by atoms with E-state index in [0.29, 0.717) is 16.6 Å². The number of H-pyrrole nitrogens is 1. The number of thiocarbonyl (C=S) groups is 1. The van der Waals surface area contributed by atoms with E-state index in [4.69, 9.17) is 17.4 Å². The minimum absolute atomic E-state index is 0.00936. The summed E-state index contributed by atoms with van der Waals surface area (Å²) in [6, 6.07) is 11.1. The van der Waals surface area contributed by atoms with E-state index >= 15 is 0 Å². The number of nitrogens with one attached hydrogen (secondary N) is 2. The summed E-state index contributed by atoms with van der Waals surface area (Å²) in [6.45, 7) is 0. The standard InChI is InChI=1S/C15H12BrN5O3S2/c16-11-3-1-2-10-12(11)19-14(22)13(10)20-21-15(25)18-8-4-6-9(7-5-8)26(17,23)24/h1-7,19,22H,(H,18,25)(H2,17,23,24). The number of benzene rings is 2. The number of nitrogens with zero attached hydrogens (tertiary/aromatic N) is 2. The van der Waals surface area contributed by atoms with Crippen LogP contribution >= 0.6 is 28.1 Å². The van der Waals surface area contributed by atoms with E-state index in [1.807, 2.05) is 12.1 Å². The summed E-state index contributed by atoms with van der Waals surface area (Å²) >= 11 is 8.48. The Morgan fingerprint density at radius 3 is 2.58 bits per heavy atom. The molecule has 8 nitrogen and oxygen atoms in total. The van der Waals surface area contributed by atoms with Gasteiger partial charge in [0.25, 0.3) is 0 Å². The number of nitrogens with two attached hydrogens (primary N) is 1. The van der Waals surface area contributed by atoms with Crippen molar-refractivity contribution in [1.29, 1.82) is 0 Å². The van der Waals surface area contributed by atoms with Crippen LogP contribution in [0.25, 0.3) is 10.9 Å². The van der Waals surface area contributed by atoms with Gasteiger partial charge < -0.3 is 15.4 Å². The predicted molar refractivity (Wildman–Crippen MR) is 106 cm³/mol. The molecule has 134 valence electrons. The maximum Gasteiger partial charge on any atom is 0.238 e. The molecule has 0 spiro atoms. The molecule has 11 heteroatoms. The molecule has 26 heavy (non-hydrogen) atoms. The summed E-state index contributed by atoms with van der Waals surface area (Å²) in [6.07, 6.45) is 0. The van der Waals surface area contributed by atoms with Gasteiger partial charge in [0, 0.05) is 15.5 Å².